The van der Waals surface area contributed by atoms with Crippen LogP contribution in [0.2, 0.25) is 0 Å². The molecule has 0 spiro atoms. The van der Waals surface area contributed by atoms with E-state index in [1.807, 2.05) is 30.7 Å². The Labute approximate surface area is 118 Å². The number of nitrogens with zero attached hydrogens (tertiary/aromatic N) is 4. The fourth-order valence-electron chi connectivity index (χ4n) is 2.60. The summed E-state index contributed by atoms with van der Waals surface area (Å²) in [6.45, 7) is 1.88. The van der Waals surface area contributed by atoms with Crippen LogP contribution in [0.25, 0.3) is 11.3 Å². The third kappa shape index (κ3) is 2.64. The van der Waals surface area contributed by atoms with Crippen molar-refractivity contribution < 1.29 is 0 Å². The van der Waals surface area contributed by atoms with Crippen LogP contribution in [-0.2, 0) is 0 Å². The van der Waals surface area contributed by atoms with Gasteiger partial charge in [-0.25, -0.2) is 9.97 Å². The maximum atomic E-state index is 8.73. The molecule has 1 fully saturated rings. The third-order valence-electron chi connectivity index (χ3n) is 3.82. The van der Waals surface area contributed by atoms with Crippen molar-refractivity contribution in [2.75, 3.05) is 18.0 Å². The molecule has 1 N–H and O–H groups in total. The number of hydrogen-bond donors (Lipinski definition) is 1. The highest BCUT2D eigenvalue weighted by Gasteiger charge is 2.20. The minimum atomic E-state index is 0.537. The van der Waals surface area contributed by atoms with E-state index in [1.165, 1.54) is 0 Å². The van der Waals surface area contributed by atoms with E-state index in [9.17, 15) is 0 Å². The molecule has 1 saturated heterocycles. The maximum absolute atomic E-state index is 8.73. The van der Waals surface area contributed by atoms with Gasteiger partial charge in [0.1, 0.15) is 0 Å². The van der Waals surface area contributed by atoms with Gasteiger partial charge in [0, 0.05) is 49.4 Å². The van der Waals surface area contributed by atoms with E-state index in [4.69, 9.17) is 5.26 Å². The normalized spacial score (nSPS) is 16.1. The lowest BCUT2D eigenvalue weighted by atomic mass is 9.94. The van der Waals surface area contributed by atoms with Gasteiger partial charge in [0.2, 0.25) is 5.95 Å². The van der Waals surface area contributed by atoms with Gasteiger partial charge in [-0.05, 0) is 30.9 Å². The first-order chi connectivity index (χ1) is 9.86. The quantitative estimate of drug-likeness (QED) is 0.928. The Kier molecular flexibility index (Phi) is 3.64. The minimum absolute atomic E-state index is 0.537. The molecule has 0 saturated carbocycles. The number of hydrogen-bond acceptors (Lipinski definition) is 4. The molecule has 0 bridgehead atoms. The zero-order valence-electron chi connectivity index (χ0n) is 11.3. The fraction of sp³-hybridized carbons (Fsp3) is 0.400. The van der Waals surface area contributed by atoms with Crippen molar-refractivity contribution in [3.8, 4) is 17.3 Å². The van der Waals surface area contributed by atoms with Crippen molar-refractivity contribution >= 4 is 5.95 Å². The summed E-state index contributed by atoms with van der Waals surface area (Å²) in [7, 11) is 0. The van der Waals surface area contributed by atoms with Gasteiger partial charge in [-0.2, -0.15) is 5.26 Å². The molecular weight excluding hydrogens is 250 g/mol. The lowest BCUT2D eigenvalue weighted by Crippen LogP contribution is -2.34. The second-order valence-electron chi connectivity index (χ2n) is 5.15. The highest BCUT2D eigenvalue weighted by atomic mass is 15.2. The monoisotopic (exact) mass is 267 g/mol. The van der Waals surface area contributed by atoms with Crippen LogP contribution in [0, 0.1) is 17.2 Å². The number of anilines is 1. The third-order valence-corrected chi connectivity index (χ3v) is 3.82. The van der Waals surface area contributed by atoms with E-state index in [-0.39, 0.29) is 0 Å². The molecule has 0 aromatic carbocycles. The Bertz CT molecular complexity index is 574. The largest absolute Gasteiger partial charge is 0.361 e. The van der Waals surface area contributed by atoms with Crippen LogP contribution < -0.4 is 4.90 Å². The summed E-state index contributed by atoms with van der Waals surface area (Å²) >= 11 is 0. The first-order valence-electron chi connectivity index (χ1n) is 6.94. The van der Waals surface area contributed by atoms with Crippen molar-refractivity contribution in [2.24, 2.45) is 5.92 Å². The molecule has 5 nitrogen and oxygen atoms in total. The van der Waals surface area contributed by atoms with E-state index < -0.39 is 0 Å². The Balaban J connectivity index is 1.66. The van der Waals surface area contributed by atoms with E-state index in [2.05, 4.69) is 25.9 Å². The SMILES string of the molecule is N#CCC1CCN(c2ncc(-c3ccc[nH]3)cn2)CC1. The van der Waals surface area contributed by atoms with Crippen molar-refractivity contribution in [1.82, 2.24) is 15.0 Å². The van der Waals surface area contributed by atoms with Gasteiger partial charge in [-0.3, -0.25) is 0 Å². The molecule has 0 atom stereocenters. The van der Waals surface area contributed by atoms with E-state index in [0.29, 0.717) is 12.3 Å². The van der Waals surface area contributed by atoms with Crippen LogP contribution in [0.5, 0.6) is 0 Å². The van der Waals surface area contributed by atoms with Gasteiger partial charge in [0.25, 0.3) is 0 Å². The Morgan fingerprint density at radius 2 is 2.05 bits per heavy atom. The lowest BCUT2D eigenvalue weighted by Gasteiger charge is -2.30. The first-order valence-corrected chi connectivity index (χ1v) is 6.94. The van der Waals surface area contributed by atoms with Gasteiger partial charge in [-0.15, -0.1) is 0 Å². The number of rotatable bonds is 3. The molecule has 0 aliphatic carbocycles. The summed E-state index contributed by atoms with van der Waals surface area (Å²) in [4.78, 5) is 14.3. The lowest BCUT2D eigenvalue weighted by molar-refractivity contribution is 0.409. The van der Waals surface area contributed by atoms with Crippen molar-refractivity contribution in [1.29, 1.82) is 5.26 Å². The molecule has 2 aromatic heterocycles. The maximum Gasteiger partial charge on any atom is 0.225 e. The van der Waals surface area contributed by atoms with Crippen molar-refractivity contribution in [3.05, 3.63) is 30.7 Å². The molecule has 1 aliphatic rings. The molecule has 0 amide bonds. The van der Waals surface area contributed by atoms with E-state index in [0.717, 1.165) is 43.1 Å². The number of aromatic nitrogens is 3. The zero-order chi connectivity index (χ0) is 13.8. The number of nitrogens with one attached hydrogen (secondary N) is 1. The van der Waals surface area contributed by atoms with Crippen LogP contribution >= 0.6 is 0 Å². The van der Waals surface area contributed by atoms with Crippen LogP contribution in [0.15, 0.2) is 30.7 Å². The standard InChI is InChI=1S/C15H17N5/c16-6-3-12-4-8-20(9-5-12)15-18-10-13(11-19-15)14-2-1-7-17-14/h1-2,7,10-12,17H,3-5,8-9H2. The molecule has 3 heterocycles. The van der Waals surface area contributed by atoms with Gasteiger partial charge < -0.3 is 9.88 Å². The topological polar surface area (TPSA) is 68.6 Å². The molecule has 0 unspecified atom stereocenters. The Morgan fingerprint density at radius 3 is 2.65 bits per heavy atom. The van der Waals surface area contributed by atoms with Gasteiger partial charge >= 0.3 is 0 Å². The zero-order valence-corrected chi connectivity index (χ0v) is 11.3. The molecule has 3 rings (SSSR count). The fourth-order valence-corrected chi connectivity index (χ4v) is 2.60. The van der Waals surface area contributed by atoms with Crippen LogP contribution in [0.1, 0.15) is 19.3 Å². The molecular formula is C15H17N5. The number of nitriles is 1. The van der Waals surface area contributed by atoms with Gasteiger partial charge in [-0.1, -0.05) is 0 Å². The minimum Gasteiger partial charge on any atom is -0.361 e. The van der Waals surface area contributed by atoms with Gasteiger partial charge in [0.15, 0.2) is 0 Å². The van der Waals surface area contributed by atoms with Crippen molar-refractivity contribution in [2.45, 2.75) is 19.3 Å². The highest BCUT2D eigenvalue weighted by Crippen LogP contribution is 2.23. The molecule has 2 aromatic rings. The summed E-state index contributed by atoms with van der Waals surface area (Å²) in [5, 5.41) is 8.73. The average molecular weight is 267 g/mol. The molecule has 102 valence electrons. The molecule has 0 radical (unpaired) electrons. The van der Waals surface area contributed by atoms with Crippen LogP contribution in [0.4, 0.5) is 5.95 Å². The van der Waals surface area contributed by atoms with Crippen molar-refractivity contribution in [3.63, 3.8) is 0 Å². The number of piperidine rings is 1. The summed E-state index contributed by atoms with van der Waals surface area (Å²) in [5.74, 6) is 1.32. The van der Waals surface area contributed by atoms with Crippen LogP contribution in [0.3, 0.4) is 0 Å². The summed E-state index contributed by atoms with van der Waals surface area (Å²) in [6.07, 6.45) is 8.37. The van der Waals surface area contributed by atoms with E-state index in [1.54, 1.807) is 0 Å². The van der Waals surface area contributed by atoms with E-state index >= 15 is 0 Å². The van der Waals surface area contributed by atoms with Crippen LogP contribution in [-0.4, -0.2) is 28.0 Å². The number of H-pyrrole nitrogens is 1. The molecule has 20 heavy (non-hydrogen) atoms. The predicted molar refractivity (Wildman–Crippen MR) is 77.0 cm³/mol. The summed E-state index contributed by atoms with van der Waals surface area (Å²) in [6, 6.07) is 6.23. The molecule has 5 heteroatoms. The predicted octanol–water partition coefficient (Wildman–Crippen LogP) is 2.60. The summed E-state index contributed by atoms with van der Waals surface area (Å²) in [5.41, 5.74) is 2.03. The first kappa shape index (κ1) is 12.7. The Morgan fingerprint density at radius 1 is 1.30 bits per heavy atom. The number of aromatic amines is 1. The average Bonchev–Trinajstić information content (AvgIpc) is 3.03. The second-order valence-corrected chi connectivity index (χ2v) is 5.15. The molecule has 1 aliphatic heterocycles. The smallest absolute Gasteiger partial charge is 0.225 e. The van der Waals surface area contributed by atoms with Gasteiger partial charge in [0.05, 0.1) is 6.07 Å². The second kappa shape index (κ2) is 5.74. The summed E-state index contributed by atoms with van der Waals surface area (Å²) < 4.78 is 0. The highest BCUT2D eigenvalue weighted by molar-refractivity contribution is 5.57. The Hall–Kier alpha value is -2.35.